The van der Waals surface area contributed by atoms with Gasteiger partial charge in [0.25, 0.3) is 5.89 Å². The molecule has 1 heterocycles. The van der Waals surface area contributed by atoms with Crippen LogP contribution in [0.25, 0.3) is 11.5 Å². The molecule has 0 saturated carbocycles. The van der Waals surface area contributed by atoms with Crippen LogP contribution in [-0.4, -0.2) is 10.1 Å². The molecule has 112 valence electrons. The van der Waals surface area contributed by atoms with Crippen molar-refractivity contribution in [2.24, 2.45) is 0 Å². The number of nitrogen functional groups attached to an aromatic ring is 1. The number of benzene rings is 2. The molecule has 2 N–H and O–H groups in total. The van der Waals surface area contributed by atoms with Gasteiger partial charge >= 0.3 is 0 Å². The first-order valence-corrected chi connectivity index (χ1v) is 8.12. The molecular weight excluding hydrogens is 341 g/mol. The van der Waals surface area contributed by atoms with E-state index < -0.39 is 0 Å². The van der Waals surface area contributed by atoms with Crippen LogP contribution in [0.1, 0.15) is 5.82 Å². The molecule has 0 aliphatic rings. The van der Waals surface area contributed by atoms with Gasteiger partial charge in [0.05, 0.1) is 10.8 Å². The Labute approximate surface area is 141 Å². The van der Waals surface area contributed by atoms with E-state index >= 15 is 0 Å². The van der Waals surface area contributed by atoms with Crippen LogP contribution in [0.4, 0.5) is 5.69 Å². The molecule has 0 bridgehead atoms. The monoisotopic (exact) mass is 351 g/mol. The fourth-order valence-electron chi connectivity index (χ4n) is 1.80. The molecule has 0 amide bonds. The van der Waals surface area contributed by atoms with E-state index in [1.54, 1.807) is 18.2 Å². The molecule has 0 spiro atoms. The summed E-state index contributed by atoms with van der Waals surface area (Å²) in [4.78, 5) is 5.29. The second-order valence-corrected chi connectivity index (χ2v) is 6.36. The lowest BCUT2D eigenvalue weighted by Gasteiger charge is -2.02. The van der Waals surface area contributed by atoms with E-state index in [-0.39, 0.29) is 0 Å². The Morgan fingerprint density at radius 2 is 1.86 bits per heavy atom. The number of nitrogens with zero attached hydrogens (tertiary/aromatic N) is 2. The topological polar surface area (TPSA) is 64.9 Å². The van der Waals surface area contributed by atoms with Crippen LogP contribution in [0.5, 0.6) is 0 Å². The lowest BCUT2D eigenvalue weighted by Crippen LogP contribution is -1.87. The van der Waals surface area contributed by atoms with E-state index in [1.165, 1.54) is 11.8 Å². The second-order valence-electron chi connectivity index (χ2n) is 4.50. The average Bonchev–Trinajstić information content (AvgIpc) is 2.96. The summed E-state index contributed by atoms with van der Waals surface area (Å²) in [6, 6.07) is 12.6. The van der Waals surface area contributed by atoms with Crippen LogP contribution in [0, 0.1) is 0 Å². The fraction of sp³-hybridized carbons (Fsp3) is 0.0667. The highest BCUT2D eigenvalue weighted by molar-refractivity contribution is 7.98. The van der Waals surface area contributed by atoms with Crippen LogP contribution in [0.15, 0.2) is 51.9 Å². The first-order chi connectivity index (χ1) is 10.6. The molecule has 3 aromatic rings. The Bertz CT molecular complexity index is 790. The minimum Gasteiger partial charge on any atom is -0.399 e. The zero-order chi connectivity index (χ0) is 15.5. The van der Waals surface area contributed by atoms with E-state index in [1.807, 2.05) is 24.3 Å². The van der Waals surface area contributed by atoms with Crippen molar-refractivity contribution in [1.29, 1.82) is 0 Å². The molecule has 0 aliphatic carbocycles. The zero-order valence-corrected chi connectivity index (χ0v) is 13.6. The van der Waals surface area contributed by atoms with Gasteiger partial charge in [0.15, 0.2) is 5.82 Å². The van der Waals surface area contributed by atoms with Gasteiger partial charge in [-0.1, -0.05) is 28.4 Å². The van der Waals surface area contributed by atoms with Gasteiger partial charge in [0, 0.05) is 21.2 Å². The summed E-state index contributed by atoms with van der Waals surface area (Å²) in [6.45, 7) is 0. The molecule has 0 aliphatic heterocycles. The van der Waals surface area contributed by atoms with Crippen LogP contribution in [-0.2, 0) is 5.75 Å². The van der Waals surface area contributed by atoms with Crippen molar-refractivity contribution in [1.82, 2.24) is 10.1 Å². The molecule has 22 heavy (non-hydrogen) atoms. The predicted octanol–water partition coefficient (Wildman–Crippen LogP) is 4.92. The normalized spacial score (nSPS) is 10.8. The highest BCUT2D eigenvalue weighted by Crippen LogP contribution is 2.31. The molecule has 1 aromatic heterocycles. The molecule has 0 atom stereocenters. The number of hydrogen-bond acceptors (Lipinski definition) is 5. The smallest absolute Gasteiger partial charge is 0.257 e. The number of halogens is 2. The van der Waals surface area contributed by atoms with E-state index in [2.05, 4.69) is 10.1 Å². The van der Waals surface area contributed by atoms with Gasteiger partial charge in [-0.15, -0.1) is 11.8 Å². The van der Waals surface area contributed by atoms with Gasteiger partial charge in [-0.3, -0.25) is 0 Å². The largest absolute Gasteiger partial charge is 0.399 e. The Morgan fingerprint density at radius 3 is 2.59 bits per heavy atom. The van der Waals surface area contributed by atoms with E-state index in [0.29, 0.717) is 33.2 Å². The van der Waals surface area contributed by atoms with Gasteiger partial charge in [-0.2, -0.15) is 4.98 Å². The minimum absolute atomic E-state index is 0.468. The Kier molecular flexibility index (Phi) is 4.57. The quantitative estimate of drug-likeness (QED) is 0.533. The molecule has 3 rings (SSSR count). The van der Waals surface area contributed by atoms with Crippen molar-refractivity contribution < 1.29 is 4.52 Å². The van der Waals surface area contributed by atoms with Crippen molar-refractivity contribution in [3.8, 4) is 11.5 Å². The summed E-state index contributed by atoms with van der Waals surface area (Å²) >= 11 is 13.5. The lowest BCUT2D eigenvalue weighted by atomic mass is 10.2. The third-order valence-electron chi connectivity index (χ3n) is 2.87. The Balaban J connectivity index is 1.70. The van der Waals surface area contributed by atoms with Crippen molar-refractivity contribution in [2.45, 2.75) is 10.6 Å². The van der Waals surface area contributed by atoms with Crippen molar-refractivity contribution in [3.63, 3.8) is 0 Å². The number of rotatable bonds is 4. The number of aromatic nitrogens is 2. The SMILES string of the molecule is Nc1ccc(SCc2noc(-c3ccc(Cl)cc3)n2)c(Cl)c1. The third-order valence-corrected chi connectivity index (χ3v) is 4.62. The summed E-state index contributed by atoms with van der Waals surface area (Å²) in [6.07, 6.45) is 0. The Hall–Kier alpha value is -1.69. The highest BCUT2D eigenvalue weighted by Gasteiger charge is 2.10. The molecule has 7 heteroatoms. The fourth-order valence-corrected chi connectivity index (χ4v) is 3.04. The first kappa shape index (κ1) is 15.2. The summed E-state index contributed by atoms with van der Waals surface area (Å²) in [5, 5.41) is 5.25. The number of thioether (sulfide) groups is 1. The summed E-state index contributed by atoms with van der Waals surface area (Å²) in [5.41, 5.74) is 7.14. The maximum absolute atomic E-state index is 6.13. The highest BCUT2D eigenvalue weighted by atomic mass is 35.5. The van der Waals surface area contributed by atoms with Crippen LogP contribution < -0.4 is 5.73 Å². The van der Waals surface area contributed by atoms with Gasteiger partial charge in [-0.25, -0.2) is 0 Å². The molecule has 0 radical (unpaired) electrons. The standard InChI is InChI=1S/C15H11Cl2N3OS/c16-10-3-1-9(2-4-10)15-19-14(20-21-15)8-22-13-6-5-11(18)7-12(13)17/h1-7H,8,18H2. The maximum atomic E-state index is 6.13. The molecule has 4 nitrogen and oxygen atoms in total. The first-order valence-electron chi connectivity index (χ1n) is 6.38. The molecule has 2 aromatic carbocycles. The molecule has 0 unspecified atom stereocenters. The second kappa shape index (κ2) is 6.60. The average molecular weight is 352 g/mol. The minimum atomic E-state index is 0.468. The summed E-state index contributed by atoms with van der Waals surface area (Å²) in [7, 11) is 0. The van der Waals surface area contributed by atoms with E-state index in [0.717, 1.165) is 10.5 Å². The lowest BCUT2D eigenvalue weighted by molar-refractivity contribution is 0.425. The number of hydrogen-bond donors (Lipinski definition) is 1. The molecule has 0 saturated heterocycles. The van der Waals surface area contributed by atoms with E-state index in [4.69, 9.17) is 33.5 Å². The van der Waals surface area contributed by atoms with Gasteiger partial charge in [0.2, 0.25) is 0 Å². The van der Waals surface area contributed by atoms with Crippen LogP contribution >= 0.6 is 35.0 Å². The maximum Gasteiger partial charge on any atom is 0.257 e. The van der Waals surface area contributed by atoms with Gasteiger partial charge in [-0.05, 0) is 42.5 Å². The van der Waals surface area contributed by atoms with Gasteiger partial charge in [0.1, 0.15) is 0 Å². The van der Waals surface area contributed by atoms with Crippen molar-refractivity contribution in [2.75, 3.05) is 5.73 Å². The Morgan fingerprint density at radius 1 is 1.09 bits per heavy atom. The predicted molar refractivity (Wildman–Crippen MR) is 90.2 cm³/mol. The molecule has 0 fully saturated rings. The van der Waals surface area contributed by atoms with E-state index in [9.17, 15) is 0 Å². The zero-order valence-electron chi connectivity index (χ0n) is 11.3. The third kappa shape index (κ3) is 3.55. The summed E-state index contributed by atoms with van der Waals surface area (Å²) in [5.74, 6) is 1.62. The van der Waals surface area contributed by atoms with Crippen molar-refractivity contribution >= 4 is 40.7 Å². The number of anilines is 1. The van der Waals surface area contributed by atoms with Crippen LogP contribution in [0.3, 0.4) is 0 Å². The van der Waals surface area contributed by atoms with Gasteiger partial charge < -0.3 is 10.3 Å². The number of nitrogens with two attached hydrogens (primary N) is 1. The summed E-state index contributed by atoms with van der Waals surface area (Å²) < 4.78 is 5.26. The molecular formula is C15H11Cl2N3OS. The van der Waals surface area contributed by atoms with Crippen LogP contribution in [0.2, 0.25) is 10.0 Å². The van der Waals surface area contributed by atoms with Crippen molar-refractivity contribution in [3.05, 3.63) is 58.3 Å².